The molecule has 0 saturated heterocycles. The van der Waals surface area contributed by atoms with Crippen molar-refractivity contribution in [2.24, 2.45) is 5.16 Å². The highest BCUT2D eigenvalue weighted by Crippen LogP contribution is 2.35. The van der Waals surface area contributed by atoms with E-state index >= 15 is 0 Å². The zero-order chi connectivity index (χ0) is 16.9. The highest BCUT2D eigenvalue weighted by atomic mass is 35.5. The molecular formula is C14H10ClN3O5S. The van der Waals surface area contributed by atoms with Crippen molar-refractivity contribution in [3.63, 3.8) is 0 Å². The second-order valence-electron chi connectivity index (χ2n) is 5.18. The van der Waals surface area contributed by atoms with E-state index in [-0.39, 0.29) is 0 Å². The molecule has 0 atom stereocenters. The number of hydrogen-bond acceptors (Lipinski definition) is 6. The van der Waals surface area contributed by atoms with Crippen LogP contribution in [0.15, 0.2) is 40.3 Å². The first kappa shape index (κ1) is 15.2. The lowest BCUT2D eigenvalue weighted by molar-refractivity contribution is 0.281. The van der Waals surface area contributed by atoms with Gasteiger partial charge in [0, 0.05) is 18.5 Å². The van der Waals surface area contributed by atoms with Gasteiger partial charge in [-0.3, -0.25) is 4.55 Å². The molecule has 0 bridgehead atoms. The van der Waals surface area contributed by atoms with Gasteiger partial charge in [-0.1, -0.05) is 16.8 Å². The van der Waals surface area contributed by atoms with E-state index in [1.54, 1.807) is 30.7 Å². The monoisotopic (exact) mass is 367 g/mol. The molecule has 0 unspecified atom stereocenters. The van der Waals surface area contributed by atoms with Crippen molar-refractivity contribution < 1.29 is 21.7 Å². The largest absolute Gasteiger partial charge is 0.472 e. The molecule has 3 aromatic rings. The third kappa shape index (κ3) is 2.46. The van der Waals surface area contributed by atoms with E-state index in [9.17, 15) is 8.42 Å². The predicted molar refractivity (Wildman–Crippen MR) is 86.2 cm³/mol. The van der Waals surface area contributed by atoms with E-state index in [4.69, 9.17) is 20.6 Å². The van der Waals surface area contributed by atoms with Crippen LogP contribution in [0.5, 0.6) is 0 Å². The van der Waals surface area contributed by atoms with Gasteiger partial charge in [-0.2, -0.15) is 8.42 Å². The summed E-state index contributed by atoms with van der Waals surface area (Å²) in [4.78, 5) is 4.58. The molecule has 0 radical (unpaired) electrons. The lowest BCUT2D eigenvalue weighted by Crippen LogP contribution is -2.17. The summed E-state index contributed by atoms with van der Waals surface area (Å²) in [5, 5.41) is 4.02. The Morgan fingerprint density at radius 2 is 2.21 bits per heavy atom. The Hall–Kier alpha value is -2.36. The van der Waals surface area contributed by atoms with Crippen LogP contribution in [0.3, 0.4) is 0 Å². The van der Waals surface area contributed by atoms with Gasteiger partial charge in [0.05, 0.1) is 28.1 Å². The van der Waals surface area contributed by atoms with Crippen molar-refractivity contribution in [3.05, 3.63) is 41.3 Å². The molecule has 24 heavy (non-hydrogen) atoms. The lowest BCUT2D eigenvalue weighted by atomic mass is 10.0. The van der Waals surface area contributed by atoms with Crippen LogP contribution in [0.25, 0.3) is 22.4 Å². The number of aryl methyl sites for hydroxylation is 1. The number of oxime groups is 1. The van der Waals surface area contributed by atoms with E-state index in [2.05, 4.69) is 14.4 Å². The van der Waals surface area contributed by atoms with Gasteiger partial charge in [0.1, 0.15) is 17.6 Å². The molecule has 3 heterocycles. The Balaban J connectivity index is 1.94. The first-order chi connectivity index (χ1) is 11.4. The Morgan fingerprint density at radius 1 is 1.38 bits per heavy atom. The fourth-order valence-electron chi connectivity index (χ4n) is 2.81. The minimum atomic E-state index is -4.66. The number of benzene rings is 1. The van der Waals surface area contributed by atoms with Gasteiger partial charge >= 0.3 is 10.4 Å². The minimum Gasteiger partial charge on any atom is -0.472 e. The van der Waals surface area contributed by atoms with Crippen molar-refractivity contribution in [2.75, 3.05) is 0 Å². The summed E-state index contributed by atoms with van der Waals surface area (Å²) in [7, 11) is -4.66. The molecule has 1 aromatic carbocycles. The van der Waals surface area contributed by atoms with Gasteiger partial charge in [-0.15, -0.1) is 0 Å². The molecule has 4 rings (SSSR count). The molecule has 1 aliphatic heterocycles. The standard InChI is InChI=1S/C14H10ClN3O5S/c15-10-2-1-9-11(17-23-24(19,20)21)3-5-18-13(9)12(10)16-14(18)8-4-6-22-7-8/h1-2,4,6-7H,3,5H2,(H,19,20,21)/b17-11+. The number of furan rings is 1. The maximum atomic E-state index is 10.8. The third-order valence-electron chi connectivity index (χ3n) is 3.75. The average Bonchev–Trinajstić information content (AvgIpc) is 3.16. The van der Waals surface area contributed by atoms with E-state index in [0.717, 1.165) is 11.1 Å². The van der Waals surface area contributed by atoms with Gasteiger partial charge in [0.25, 0.3) is 0 Å². The summed E-state index contributed by atoms with van der Waals surface area (Å²) < 4.78 is 41.5. The van der Waals surface area contributed by atoms with E-state index in [1.165, 1.54) is 0 Å². The van der Waals surface area contributed by atoms with Crippen molar-refractivity contribution in [1.82, 2.24) is 9.55 Å². The number of nitrogens with zero attached hydrogens (tertiary/aromatic N) is 3. The Bertz CT molecular complexity index is 1070. The lowest BCUT2D eigenvalue weighted by Gasteiger charge is -2.18. The molecule has 124 valence electrons. The van der Waals surface area contributed by atoms with E-state index in [1.807, 2.05) is 4.57 Å². The smallest absolute Gasteiger partial charge is 0.466 e. The Kier molecular flexibility index (Phi) is 3.37. The maximum Gasteiger partial charge on any atom is 0.466 e. The normalized spacial score (nSPS) is 16.0. The van der Waals surface area contributed by atoms with Crippen LogP contribution in [0.2, 0.25) is 5.02 Å². The second-order valence-corrected chi connectivity index (χ2v) is 6.59. The highest BCUT2D eigenvalue weighted by molar-refractivity contribution is 7.80. The number of rotatable bonds is 3. The summed E-state index contributed by atoms with van der Waals surface area (Å²) in [6.07, 6.45) is 3.55. The molecule has 0 spiro atoms. The Labute approximate surface area is 141 Å². The second kappa shape index (κ2) is 5.33. The van der Waals surface area contributed by atoms with Crippen molar-refractivity contribution in [3.8, 4) is 11.4 Å². The molecule has 1 N–H and O–H groups in total. The summed E-state index contributed by atoms with van der Waals surface area (Å²) in [5.74, 6) is 0.697. The third-order valence-corrected chi connectivity index (χ3v) is 4.32. The van der Waals surface area contributed by atoms with Gasteiger partial charge in [-0.25, -0.2) is 9.27 Å². The topological polar surface area (TPSA) is 107 Å². The van der Waals surface area contributed by atoms with Gasteiger partial charge < -0.3 is 8.98 Å². The van der Waals surface area contributed by atoms with E-state index < -0.39 is 10.4 Å². The number of aromatic nitrogens is 2. The van der Waals surface area contributed by atoms with Crippen molar-refractivity contribution in [1.29, 1.82) is 0 Å². The minimum absolute atomic E-state index is 0.389. The Morgan fingerprint density at radius 3 is 2.92 bits per heavy atom. The molecule has 0 aliphatic carbocycles. The zero-order valence-electron chi connectivity index (χ0n) is 12.0. The summed E-state index contributed by atoms with van der Waals surface area (Å²) in [6, 6.07) is 5.17. The maximum absolute atomic E-state index is 10.8. The fraction of sp³-hybridized carbons (Fsp3) is 0.143. The summed E-state index contributed by atoms with van der Waals surface area (Å²) in [6.45, 7) is 0.498. The highest BCUT2D eigenvalue weighted by Gasteiger charge is 2.25. The number of imidazole rings is 1. The van der Waals surface area contributed by atoms with Crippen LogP contribution in [-0.4, -0.2) is 28.2 Å². The quantitative estimate of drug-likeness (QED) is 0.563. The average molecular weight is 368 g/mol. The van der Waals surface area contributed by atoms with Crippen LogP contribution >= 0.6 is 11.6 Å². The van der Waals surface area contributed by atoms with E-state index in [0.29, 0.717) is 40.6 Å². The molecule has 8 nitrogen and oxygen atoms in total. The predicted octanol–water partition coefficient (Wildman–Crippen LogP) is 2.88. The van der Waals surface area contributed by atoms with Crippen LogP contribution in [0.4, 0.5) is 0 Å². The first-order valence-corrected chi connectivity index (χ1v) is 8.63. The van der Waals surface area contributed by atoms with Crippen LogP contribution in [0, 0.1) is 0 Å². The zero-order valence-corrected chi connectivity index (χ0v) is 13.6. The number of hydrogen-bond donors (Lipinski definition) is 1. The van der Waals surface area contributed by atoms with Crippen LogP contribution in [0.1, 0.15) is 12.0 Å². The molecule has 0 amide bonds. The van der Waals surface area contributed by atoms with Gasteiger partial charge in [-0.05, 0) is 18.2 Å². The molecule has 1 aliphatic rings. The fourth-order valence-corrected chi connectivity index (χ4v) is 3.19. The number of halogens is 1. The molecule has 0 saturated carbocycles. The van der Waals surface area contributed by atoms with Gasteiger partial charge in [0.2, 0.25) is 0 Å². The summed E-state index contributed by atoms with van der Waals surface area (Å²) in [5.41, 5.74) is 3.14. The molecule has 2 aromatic heterocycles. The molecule has 0 fully saturated rings. The van der Waals surface area contributed by atoms with Gasteiger partial charge in [0.15, 0.2) is 0 Å². The molecule has 10 heteroatoms. The molecular weight excluding hydrogens is 358 g/mol. The van der Waals surface area contributed by atoms with Crippen LogP contribution < -0.4 is 0 Å². The van der Waals surface area contributed by atoms with Crippen molar-refractivity contribution >= 4 is 38.7 Å². The van der Waals surface area contributed by atoms with Crippen LogP contribution in [-0.2, 0) is 21.2 Å². The summed E-state index contributed by atoms with van der Waals surface area (Å²) >= 11 is 6.25. The van der Waals surface area contributed by atoms with Crippen molar-refractivity contribution in [2.45, 2.75) is 13.0 Å². The first-order valence-electron chi connectivity index (χ1n) is 6.88. The SMILES string of the molecule is O=S(=O)(O)O/N=C1\CCn2c(-c3ccoc3)nc3c(Cl)ccc1c32.